The van der Waals surface area contributed by atoms with E-state index in [4.69, 9.17) is 17.3 Å². The highest BCUT2D eigenvalue weighted by atomic mass is 35.5. The molecular formula is C9H11ClN2. The van der Waals surface area contributed by atoms with E-state index in [1.165, 1.54) is 0 Å². The first kappa shape index (κ1) is 9.23. The van der Waals surface area contributed by atoms with Gasteiger partial charge in [-0.15, -0.1) is 6.58 Å². The Bertz CT molecular complexity index is 273. The Labute approximate surface area is 77.1 Å². The molecule has 12 heavy (non-hydrogen) atoms. The van der Waals surface area contributed by atoms with E-state index in [9.17, 15) is 0 Å². The van der Waals surface area contributed by atoms with Crippen LogP contribution in [0.5, 0.6) is 0 Å². The summed E-state index contributed by atoms with van der Waals surface area (Å²) in [5.74, 6) is 0. The van der Waals surface area contributed by atoms with Gasteiger partial charge < -0.3 is 5.73 Å². The quantitative estimate of drug-likeness (QED) is 0.729. The fourth-order valence-electron chi connectivity index (χ4n) is 0.962. The molecule has 0 aliphatic rings. The monoisotopic (exact) mass is 182 g/mol. The van der Waals surface area contributed by atoms with Crippen molar-refractivity contribution in [2.75, 3.05) is 0 Å². The average molecular weight is 183 g/mol. The molecule has 1 rings (SSSR count). The van der Waals surface area contributed by atoms with Gasteiger partial charge in [0.1, 0.15) is 0 Å². The van der Waals surface area contributed by atoms with Crippen LogP contribution < -0.4 is 5.73 Å². The fraction of sp³-hybridized carbons (Fsp3) is 0.222. The van der Waals surface area contributed by atoms with E-state index in [0.29, 0.717) is 11.4 Å². The van der Waals surface area contributed by atoms with E-state index in [1.54, 1.807) is 24.4 Å². The second kappa shape index (κ2) is 4.24. The van der Waals surface area contributed by atoms with Gasteiger partial charge in [0, 0.05) is 6.20 Å². The first-order valence-electron chi connectivity index (χ1n) is 3.72. The van der Waals surface area contributed by atoms with Crippen molar-refractivity contribution in [1.82, 2.24) is 4.98 Å². The molecule has 2 N–H and O–H groups in total. The summed E-state index contributed by atoms with van der Waals surface area (Å²) in [5.41, 5.74) is 6.52. The van der Waals surface area contributed by atoms with Crippen molar-refractivity contribution in [3.05, 3.63) is 41.7 Å². The molecule has 2 nitrogen and oxygen atoms in total. The van der Waals surface area contributed by atoms with Crippen molar-refractivity contribution in [1.29, 1.82) is 0 Å². The number of aromatic nitrogens is 1. The minimum Gasteiger partial charge on any atom is -0.322 e. The Morgan fingerprint density at radius 3 is 3.08 bits per heavy atom. The van der Waals surface area contributed by atoms with E-state index in [-0.39, 0.29) is 6.04 Å². The van der Waals surface area contributed by atoms with Gasteiger partial charge in [-0.25, -0.2) is 0 Å². The Balaban J connectivity index is 2.86. The van der Waals surface area contributed by atoms with Crippen molar-refractivity contribution in [2.45, 2.75) is 12.5 Å². The zero-order chi connectivity index (χ0) is 8.97. The Morgan fingerprint density at radius 1 is 1.75 bits per heavy atom. The molecule has 0 amide bonds. The van der Waals surface area contributed by atoms with Gasteiger partial charge in [0.15, 0.2) is 0 Å². The maximum absolute atomic E-state index is 5.88. The smallest absolute Gasteiger partial charge is 0.0759 e. The van der Waals surface area contributed by atoms with Crippen LogP contribution in [0.3, 0.4) is 0 Å². The summed E-state index contributed by atoms with van der Waals surface area (Å²) in [6, 6.07) is 3.43. The summed E-state index contributed by atoms with van der Waals surface area (Å²) in [4.78, 5) is 4.09. The van der Waals surface area contributed by atoms with Crippen LogP contribution >= 0.6 is 11.6 Å². The Morgan fingerprint density at radius 2 is 2.50 bits per heavy atom. The SMILES string of the molecule is C=CC[C@@H](N)c1ncccc1Cl. The number of pyridine rings is 1. The fourth-order valence-corrected chi connectivity index (χ4v) is 1.22. The summed E-state index contributed by atoms with van der Waals surface area (Å²) in [7, 11) is 0. The lowest BCUT2D eigenvalue weighted by atomic mass is 10.1. The zero-order valence-electron chi connectivity index (χ0n) is 6.70. The standard InChI is InChI=1S/C9H11ClN2/c1-2-4-8(11)9-7(10)5-3-6-12-9/h2-3,5-6,8H,1,4,11H2/t8-/m1/s1. The molecule has 0 aliphatic heterocycles. The van der Waals surface area contributed by atoms with Crippen molar-refractivity contribution in [2.24, 2.45) is 5.73 Å². The first-order valence-corrected chi connectivity index (χ1v) is 4.10. The molecule has 0 bridgehead atoms. The molecule has 1 atom stereocenters. The summed E-state index contributed by atoms with van der Waals surface area (Å²) in [5, 5.41) is 0.617. The second-order valence-electron chi connectivity index (χ2n) is 2.50. The van der Waals surface area contributed by atoms with Gasteiger partial charge in [0.2, 0.25) is 0 Å². The van der Waals surface area contributed by atoms with Crippen molar-refractivity contribution < 1.29 is 0 Å². The van der Waals surface area contributed by atoms with Gasteiger partial charge in [-0.05, 0) is 18.6 Å². The molecule has 1 heterocycles. The molecule has 0 aromatic carbocycles. The van der Waals surface area contributed by atoms with Crippen LogP contribution in [0.4, 0.5) is 0 Å². The molecule has 0 spiro atoms. The van der Waals surface area contributed by atoms with Gasteiger partial charge in [-0.3, -0.25) is 4.98 Å². The molecule has 0 unspecified atom stereocenters. The predicted octanol–water partition coefficient (Wildman–Crippen LogP) is 2.31. The van der Waals surface area contributed by atoms with E-state index in [2.05, 4.69) is 11.6 Å². The molecule has 0 aliphatic carbocycles. The number of hydrogen-bond acceptors (Lipinski definition) is 2. The molecule has 1 aromatic heterocycles. The Kier molecular flexibility index (Phi) is 3.26. The topological polar surface area (TPSA) is 38.9 Å². The second-order valence-corrected chi connectivity index (χ2v) is 2.91. The van der Waals surface area contributed by atoms with E-state index < -0.39 is 0 Å². The Hall–Kier alpha value is -0.860. The van der Waals surface area contributed by atoms with Gasteiger partial charge in [0.05, 0.1) is 16.8 Å². The third kappa shape index (κ3) is 2.06. The normalized spacial score (nSPS) is 12.5. The van der Waals surface area contributed by atoms with Crippen LogP contribution in [-0.4, -0.2) is 4.98 Å². The van der Waals surface area contributed by atoms with Crippen molar-refractivity contribution in [3.8, 4) is 0 Å². The summed E-state index contributed by atoms with van der Waals surface area (Å²) < 4.78 is 0. The van der Waals surface area contributed by atoms with Crippen LogP contribution in [0.1, 0.15) is 18.2 Å². The lowest BCUT2D eigenvalue weighted by Gasteiger charge is -2.08. The van der Waals surface area contributed by atoms with Gasteiger partial charge in [-0.1, -0.05) is 17.7 Å². The molecule has 0 radical (unpaired) electrons. The highest BCUT2D eigenvalue weighted by Crippen LogP contribution is 2.20. The summed E-state index contributed by atoms with van der Waals surface area (Å²) in [6.45, 7) is 3.60. The molecule has 3 heteroatoms. The predicted molar refractivity (Wildman–Crippen MR) is 51.0 cm³/mol. The van der Waals surface area contributed by atoms with Gasteiger partial charge in [0.25, 0.3) is 0 Å². The molecule has 0 saturated heterocycles. The average Bonchev–Trinajstić information content (AvgIpc) is 2.05. The maximum Gasteiger partial charge on any atom is 0.0759 e. The molecule has 0 fully saturated rings. The lowest BCUT2D eigenvalue weighted by molar-refractivity contribution is 0.714. The minimum atomic E-state index is -0.142. The van der Waals surface area contributed by atoms with E-state index in [1.807, 2.05) is 0 Å². The van der Waals surface area contributed by atoms with Crippen LogP contribution in [-0.2, 0) is 0 Å². The van der Waals surface area contributed by atoms with Crippen LogP contribution in [0.2, 0.25) is 5.02 Å². The van der Waals surface area contributed by atoms with E-state index in [0.717, 1.165) is 5.69 Å². The van der Waals surface area contributed by atoms with Crippen molar-refractivity contribution >= 4 is 11.6 Å². The number of nitrogens with zero attached hydrogens (tertiary/aromatic N) is 1. The third-order valence-corrected chi connectivity index (χ3v) is 1.88. The summed E-state index contributed by atoms with van der Waals surface area (Å²) >= 11 is 5.88. The third-order valence-electron chi connectivity index (χ3n) is 1.56. The van der Waals surface area contributed by atoms with E-state index >= 15 is 0 Å². The highest BCUT2D eigenvalue weighted by Gasteiger charge is 2.08. The zero-order valence-corrected chi connectivity index (χ0v) is 7.46. The van der Waals surface area contributed by atoms with Gasteiger partial charge in [-0.2, -0.15) is 0 Å². The lowest BCUT2D eigenvalue weighted by Crippen LogP contribution is -2.11. The van der Waals surface area contributed by atoms with Crippen LogP contribution in [0.25, 0.3) is 0 Å². The highest BCUT2D eigenvalue weighted by molar-refractivity contribution is 6.31. The van der Waals surface area contributed by atoms with Gasteiger partial charge >= 0.3 is 0 Å². The van der Waals surface area contributed by atoms with Crippen LogP contribution in [0.15, 0.2) is 31.0 Å². The first-order chi connectivity index (χ1) is 5.75. The number of rotatable bonds is 3. The van der Waals surface area contributed by atoms with Crippen molar-refractivity contribution in [3.63, 3.8) is 0 Å². The summed E-state index contributed by atoms with van der Waals surface area (Å²) in [6.07, 6.45) is 4.14. The number of hydrogen-bond donors (Lipinski definition) is 1. The number of nitrogens with two attached hydrogens (primary N) is 1. The largest absolute Gasteiger partial charge is 0.322 e. The minimum absolute atomic E-state index is 0.142. The molecular weight excluding hydrogens is 172 g/mol. The molecule has 1 aromatic rings. The molecule has 0 saturated carbocycles. The van der Waals surface area contributed by atoms with Crippen LogP contribution in [0, 0.1) is 0 Å². The maximum atomic E-state index is 5.88. The number of halogens is 1. The molecule has 64 valence electrons.